The predicted molar refractivity (Wildman–Crippen MR) is 78.1 cm³/mol. The number of aromatic nitrogens is 2. The number of rotatable bonds is 3. The summed E-state index contributed by atoms with van der Waals surface area (Å²) in [7, 11) is 0. The van der Waals surface area contributed by atoms with E-state index in [-0.39, 0.29) is 16.7 Å². The molecule has 108 valence electrons. The Morgan fingerprint density at radius 3 is 2.62 bits per heavy atom. The fraction of sp³-hybridized carbons (Fsp3) is 0.286. The lowest BCUT2D eigenvalue weighted by Gasteiger charge is -2.36. The maximum atomic E-state index is 10.7. The minimum Gasteiger partial charge on any atom is -0.331 e. The van der Waals surface area contributed by atoms with Gasteiger partial charge in [0.25, 0.3) is 5.69 Å². The molecular weight excluding hydrogens is 270 g/mol. The molecule has 0 radical (unpaired) electrons. The molecule has 3 rings (SSSR count). The number of benzene rings is 1. The number of non-ortho nitro benzene ring substituents is 1. The average Bonchev–Trinajstić information content (AvgIpc) is 2.56. The van der Waals surface area contributed by atoms with E-state index in [0.717, 1.165) is 25.2 Å². The van der Waals surface area contributed by atoms with E-state index < -0.39 is 0 Å². The third-order valence-electron chi connectivity index (χ3n) is 3.54. The van der Waals surface area contributed by atoms with Gasteiger partial charge in [0.05, 0.1) is 11.0 Å². The SMILES string of the molecule is O=[N+]([O-])c1ccc(C2CNCCN2c2ncccn2)cc1. The molecule has 0 spiro atoms. The van der Waals surface area contributed by atoms with Crippen molar-refractivity contribution >= 4 is 11.6 Å². The van der Waals surface area contributed by atoms with Crippen molar-refractivity contribution in [1.82, 2.24) is 15.3 Å². The zero-order valence-corrected chi connectivity index (χ0v) is 11.3. The normalized spacial score (nSPS) is 18.5. The van der Waals surface area contributed by atoms with E-state index in [9.17, 15) is 10.1 Å². The molecule has 1 atom stereocenters. The van der Waals surface area contributed by atoms with Crippen molar-refractivity contribution < 1.29 is 4.92 Å². The zero-order chi connectivity index (χ0) is 14.7. The molecule has 1 N–H and O–H groups in total. The number of nitrogens with one attached hydrogen (secondary N) is 1. The third kappa shape index (κ3) is 2.82. The van der Waals surface area contributed by atoms with Gasteiger partial charge in [0.15, 0.2) is 0 Å². The fourth-order valence-electron chi connectivity index (χ4n) is 2.50. The van der Waals surface area contributed by atoms with Crippen LogP contribution in [0.25, 0.3) is 0 Å². The summed E-state index contributed by atoms with van der Waals surface area (Å²) in [6.07, 6.45) is 3.44. The smallest absolute Gasteiger partial charge is 0.269 e. The van der Waals surface area contributed by atoms with Crippen LogP contribution in [0.5, 0.6) is 0 Å². The van der Waals surface area contributed by atoms with E-state index in [1.54, 1.807) is 30.6 Å². The molecule has 1 unspecified atom stereocenters. The summed E-state index contributed by atoms with van der Waals surface area (Å²) in [4.78, 5) is 21.1. The lowest BCUT2D eigenvalue weighted by Crippen LogP contribution is -2.46. The number of anilines is 1. The van der Waals surface area contributed by atoms with Gasteiger partial charge >= 0.3 is 0 Å². The summed E-state index contributed by atoms with van der Waals surface area (Å²) in [6.45, 7) is 2.42. The molecule has 7 nitrogen and oxygen atoms in total. The second-order valence-corrected chi connectivity index (χ2v) is 4.81. The van der Waals surface area contributed by atoms with Gasteiger partial charge in [0, 0.05) is 44.2 Å². The maximum Gasteiger partial charge on any atom is 0.269 e. The number of hydrogen-bond acceptors (Lipinski definition) is 6. The van der Waals surface area contributed by atoms with Crippen LogP contribution in [0.15, 0.2) is 42.7 Å². The van der Waals surface area contributed by atoms with Crippen LogP contribution in [0, 0.1) is 10.1 Å². The molecule has 7 heteroatoms. The number of piperazine rings is 1. The first-order valence-corrected chi connectivity index (χ1v) is 6.74. The van der Waals surface area contributed by atoms with E-state index in [4.69, 9.17) is 0 Å². The van der Waals surface area contributed by atoms with Gasteiger partial charge in [-0.25, -0.2) is 9.97 Å². The molecular formula is C14H15N5O2. The monoisotopic (exact) mass is 285 g/mol. The Kier molecular flexibility index (Phi) is 3.74. The highest BCUT2D eigenvalue weighted by Crippen LogP contribution is 2.26. The van der Waals surface area contributed by atoms with Gasteiger partial charge in [-0.2, -0.15) is 0 Å². The molecule has 2 aromatic rings. The highest BCUT2D eigenvalue weighted by molar-refractivity contribution is 5.41. The molecule has 2 heterocycles. The van der Waals surface area contributed by atoms with Crippen LogP contribution < -0.4 is 10.2 Å². The van der Waals surface area contributed by atoms with Gasteiger partial charge in [0.1, 0.15) is 0 Å². The second-order valence-electron chi connectivity index (χ2n) is 4.81. The van der Waals surface area contributed by atoms with Gasteiger partial charge in [-0.1, -0.05) is 12.1 Å². The number of nitrogens with zero attached hydrogens (tertiary/aromatic N) is 4. The predicted octanol–water partition coefficient (Wildman–Crippen LogP) is 1.54. The van der Waals surface area contributed by atoms with E-state index in [0.29, 0.717) is 5.95 Å². The van der Waals surface area contributed by atoms with Crippen LogP contribution in [-0.4, -0.2) is 34.5 Å². The highest BCUT2D eigenvalue weighted by atomic mass is 16.6. The third-order valence-corrected chi connectivity index (χ3v) is 3.54. The first kappa shape index (κ1) is 13.4. The number of hydrogen-bond donors (Lipinski definition) is 1. The Labute approximate surface area is 121 Å². The average molecular weight is 285 g/mol. The van der Waals surface area contributed by atoms with Gasteiger partial charge in [-0.15, -0.1) is 0 Å². The number of nitro benzene ring substituents is 1. The van der Waals surface area contributed by atoms with E-state index in [2.05, 4.69) is 20.2 Å². The molecule has 0 aliphatic carbocycles. The summed E-state index contributed by atoms with van der Waals surface area (Å²) in [5.41, 5.74) is 1.12. The van der Waals surface area contributed by atoms with Crippen molar-refractivity contribution in [2.24, 2.45) is 0 Å². The quantitative estimate of drug-likeness (QED) is 0.680. The molecule has 0 bridgehead atoms. The second kappa shape index (κ2) is 5.84. The Morgan fingerprint density at radius 1 is 1.24 bits per heavy atom. The maximum absolute atomic E-state index is 10.7. The molecule has 1 aromatic heterocycles. The van der Waals surface area contributed by atoms with E-state index in [1.807, 2.05) is 0 Å². The molecule has 1 fully saturated rings. The largest absolute Gasteiger partial charge is 0.331 e. The van der Waals surface area contributed by atoms with Crippen LogP contribution in [0.2, 0.25) is 0 Å². The summed E-state index contributed by atoms with van der Waals surface area (Å²) < 4.78 is 0. The van der Waals surface area contributed by atoms with Gasteiger partial charge in [-0.3, -0.25) is 10.1 Å². The van der Waals surface area contributed by atoms with Crippen molar-refractivity contribution in [2.75, 3.05) is 24.5 Å². The van der Waals surface area contributed by atoms with E-state index >= 15 is 0 Å². The van der Waals surface area contributed by atoms with Crippen molar-refractivity contribution in [3.63, 3.8) is 0 Å². The van der Waals surface area contributed by atoms with Gasteiger partial charge in [0.2, 0.25) is 5.95 Å². The lowest BCUT2D eigenvalue weighted by atomic mass is 10.0. The lowest BCUT2D eigenvalue weighted by molar-refractivity contribution is -0.384. The standard InChI is InChI=1S/C14H15N5O2/c20-19(21)12-4-2-11(3-5-12)13-10-15-8-9-18(13)14-16-6-1-7-17-14/h1-7,13,15H,8-10H2. The Hall–Kier alpha value is -2.54. The summed E-state index contributed by atoms with van der Waals surface area (Å²) in [5.74, 6) is 0.683. The molecule has 0 saturated carbocycles. The molecule has 1 aromatic carbocycles. The Balaban J connectivity index is 1.89. The van der Waals surface area contributed by atoms with Crippen LogP contribution >= 0.6 is 0 Å². The summed E-state index contributed by atoms with van der Waals surface area (Å²) in [6, 6.07) is 8.52. The molecule has 21 heavy (non-hydrogen) atoms. The first-order valence-electron chi connectivity index (χ1n) is 6.74. The molecule has 1 aliphatic heterocycles. The fourth-order valence-corrected chi connectivity index (χ4v) is 2.50. The minimum absolute atomic E-state index is 0.0713. The Morgan fingerprint density at radius 2 is 1.95 bits per heavy atom. The molecule has 0 amide bonds. The molecule has 1 aliphatic rings. The van der Waals surface area contributed by atoms with Gasteiger partial charge in [-0.05, 0) is 11.6 Å². The van der Waals surface area contributed by atoms with E-state index in [1.165, 1.54) is 12.1 Å². The Bertz CT molecular complexity index is 617. The topological polar surface area (TPSA) is 84.2 Å². The van der Waals surface area contributed by atoms with Gasteiger partial charge < -0.3 is 10.2 Å². The van der Waals surface area contributed by atoms with Crippen LogP contribution in [0.4, 0.5) is 11.6 Å². The van der Waals surface area contributed by atoms with Crippen molar-refractivity contribution in [1.29, 1.82) is 0 Å². The van der Waals surface area contributed by atoms with Crippen molar-refractivity contribution in [3.8, 4) is 0 Å². The molecule has 1 saturated heterocycles. The summed E-state index contributed by atoms with van der Waals surface area (Å²) >= 11 is 0. The van der Waals surface area contributed by atoms with Crippen molar-refractivity contribution in [2.45, 2.75) is 6.04 Å². The highest BCUT2D eigenvalue weighted by Gasteiger charge is 2.26. The minimum atomic E-state index is -0.388. The van der Waals surface area contributed by atoms with Crippen LogP contribution in [0.1, 0.15) is 11.6 Å². The first-order chi connectivity index (χ1) is 10.3. The zero-order valence-electron chi connectivity index (χ0n) is 11.3. The van der Waals surface area contributed by atoms with Crippen LogP contribution in [-0.2, 0) is 0 Å². The van der Waals surface area contributed by atoms with Crippen molar-refractivity contribution in [3.05, 3.63) is 58.4 Å². The van der Waals surface area contributed by atoms with Crippen LogP contribution in [0.3, 0.4) is 0 Å². The number of nitro groups is 1. The summed E-state index contributed by atoms with van der Waals surface area (Å²) in [5, 5.41) is 14.1.